The maximum atomic E-state index is 3.84. The molecule has 0 spiro atoms. The summed E-state index contributed by atoms with van der Waals surface area (Å²) >= 11 is 9.33. The highest BCUT2D eigenvalue weighted by atomic mass is 79.9. The molecule has 3 heteroatoms. The van der Waals surface area contributed by atoms with Gasteiger partial charge >= 0.3 is 0 Å². The molecule has 1 aromatic carbocycles. The number of hydrogen-bond acceptors (Lipinski definition) is 1. The fraction of sp³-hybridized carbons (Fsp3) is 0.286. The second-order valence-electron chi connectivity index (χ2n) is 4.24. The predicted octanol–water partition coefficient (Wildman–Crippen LogP) is 5.92. The molecule has 0 bridgehead atoms. The van der Waals surface area contributed by atoms with E-state index in [9.17, 15) is 0 Å². The van der Waals surface area contributed by atoms with Crippen molar-refractivity contribution < 1.29 is 0 Å². The summed E-state index contributed by atoms with van der Waals surface area (Å²) in [5.41, 5.74) is 4.06. The van der Waals surface area contributed by atoms with Gasteiger partial charge in [0.05, 0.1) is 4.83 Å². The molecule has 0 saturated carbocycles. The van der Waals surface area contributed by atoms with Gasteiger partial charge in [0.2, 0.25) is 0 Å². The normalized spacial score (nSPS) is 12.8. The van der Waals surface area contributed by atoms with Crippen LogP contribution in [-0.2, 0) is 0 Å². The molecule has 0 fully saturated rings. The Labute approximate surface area is 123 Å². The van der Waals surface area contributed by atoms with Crippen LogP contribution < -0.4 is 0 Å². The van der Waals surface area contributed by atoms with Crippen molar-refractivity contribution in [1.29, 1.82) is 0 Å². The van der Waals surface area contributed by atoms with Crippen LogP contribution in [0.25, 0.3) is 0 Å². The molecular formula is C14H14Br2S. The van der Waals surface area contributed by atoms with Gasteiger partial charge in [0.1, 0.15) is 0 Å². The molecule has 2 rings (SSSR count). The Hall–Kier alpha value is -0.120. The Bertz CT molecular complexity index is 523. The van der Waals surface area contributed by atoms with E-state index in [0.717, 1.165) is 0 Å². The van der Waals surface area contributed by atoms with Gasteiger partial charge in [0.25, 0.3) is 0 Å². The fourth-order valence-corrected chi connectivity index (χ4v) is 5.46. The van der Waals surface area contributed by atoms with Gasteiger partial charge in [-0.1, -0.05) is 34.1 Å². The maximum Gasteiger partial charge on any atom is 0.0754 e. The number of rotatable bonds is 2. The standard InChI is InChI=1S/C14H14Br2S/c1-8-5-4-6-9(2)12(8)13(16)14-11(15)7-10(3)17-14/h4-7,13H,1-3H3. The molecule has 0 aliphatic rings. The smallest absolute Gasteiger partial charge is 0.0754 e. The number of halogens is 2. The van der Waals surface area contributed by atoms with Gasteiger partial charge in [0.15, 0.2) is 0 Å². The summed E-state index contributed by atoms with van der Waals surface area (Å²) in [6, 6.07) is 8.64. The molecule has 2 aromatic rings. The summed E-state index contributed by atoms with van der Waals surface area (Å²) in [5.74, 6) is 0. The lowest BCUT2D eigenvalue weighted by Gasteiger charge is -2.15. The van der Waals surface area contributed by atoms with Crippen LogP contribution in [0.15, 0.2) is 28.7 Å². The van der Waals surface area contributed by atoms with E-state index in [0.29, 0.717) is 0 Å². The van der Waals surface area contributed by atoms with Gasteiger partial charge in [-0.05, 0) is 59.5 Å². The molecule has 1 atom stereocenters. The zero-order chi connectivity index (χ0) is 12.6. The lowest BCUT2D eigenvalue weighted by molar-refractivity contribution is 1.13. The molecule has 0 radical (unpaired) electrons. The van der Waals surface area contributed by atoms with Crippen molar-refractivity contribution >= 4 is 43.2 Å². The van der Waals surface area contributed by atoms with E-state index >= 15 is 0 Å². The zero-order valence-corrected chi connectivity index (χ0v) is 14.0. The fourth-order valence-electron chi connectivity index (χ4n) is 2.03. The Morgan fingerprint density at radius 3 is 2.18 bits per heavy atom. The van der Waals surface area contributed by atoms with Crippen molar-refractivity contribution in [2.75, 3.05) is 0 Å². The van der Waals surface area contributed by atoms with E-state index in [1.54, 1.807) is 0 Å². The second-order valence-corrected chi connectivity index (χ2v) is 7.30. The lowest BCUT2D eigenvalue weighted by atomic mass is 9.99. The average molecular weight is 374 g/mol. The summed E-state index contributed by atoms with van der Waals surface area (Å²) in [4.78, 5) is 2.96. The Morgan fingerprint density at radius 2 is 1.71 bits per heavy atom. The molecular weight excluding hydrogens is 360 g/mol. The molecule has 0 amide bonds. The molecule has 1 heterocycles. The highest BCUT2D eigenvalue weighted by molar-refractivity contribution is 9.11. The largest absolute Gasteiger partial charge is 0.143 e. The lowest BCUT2D eigenvalue weighted by Crippen LogP contribution is -1.97. The first kappa shape index (κ1) is 13.3. The molecule has 0 aliphatic heterocycles. The Morgan fingerprint density at radius 1 is 1.12 bits per heavy atom. The minimum atomic E-state index is 0.275. The summed E-state index contributed by atoms with van der Waals surface area (Å²) in [7, 11) is 0. The topological polar surface area (TPSA) is 0 Å². The average Bonchev–Trinajstić information content (AvgIpc) is 2.57. The number of benzene rings is 1. The van der Waals surface area contributed by atoms with Crippen LogP contribution in [0.5, 0.6) is 0 Å². The first-order valence-corrected chi connectivity index (χ1v) is 7.99. The molecule has 0 saturated heterocycles. The SMILES string of the molecule is Cc1cc(Br)c(C(Br)c2c(C)cccc2C)s1. The monoisotopic (exact) mass is 372 g/mol. The molecule has 0 nitrogen and oxygen atoms in total. The summed E-state index contributed by atoms with van der Waals surface area (Å²) in [5, 5.41) is 0. The highest BCUT2D eigenvalue weighted by Crippen LogP contribution is 2.42. The van der Waals surface area contributed by atoms with E-state index in [1.807, 2.05) is 11.3 Å². The first-order valence-electron chi connectivity index (χ1n) is 5.46. The third-order valence-corrected chi connectivity index (χ3v) is 6.11. The van der Waals surface area contributed by atoms with Crippen molar-refractivity contribution in [2.45, 2.75) is 25.6 Å². The second kappa shape index (κ2) is 5.25. The Kier molecular flexibility index (Phi) is 4.11. The van der Waals surface area contributed by atoms with Crippen molar-refractivity contribution in [1.82, 2.24) is 0 Å². The van der Waals surface area contributed by atoms with Crippen LogP contribution >= 0.6 is 43.2 Å². The maximum absolute atomic E-state index is 3.84. The molecule has 0 aliphatic carbocycles. The van der Waals surface area contributed by atoms with Gasteiger partial charge in [-0.25, -0.2) is 0 Å². The van der Waals surface area contributed by atoms with Crippen LogP contribution in [0.2, 0.25) is 0 Å². The van der Waals surface area contributed by atoms with Gasteiger partial charge in [-0.3, -0.25) is 0 Å². The summed E-state index contributed by atoms with van der Waals surface area (Å²) in [6.07, 6.45) is 0. The van der Waals surface area contributed by atoms with Crippen molar-refractivity contribution in [3.8, 4) is 0 Å². The van der Waals surface area contributed by atoms with Gasteiger partial charge < -0.3 is 0 Å². The summed E-state index contributed by atoms with van der Waals surface area (Å²) < 4.78 is 1.20. The van der Waals surface area contributed by atoms with Gasteiger partial charge in [0, 0.05) is 14.2 Å². The van der Waals surface area contributed by atoms with Gasteiger partial charge in [-0.15, -0.1) is 11.3 Å². The molecule has 0 N–H and O–H groups in total. The molecule has 1 unspecified atom stereocenters. The Balaban J connectivity index is 2.51. The number of hydrogen-bond donors (Lipinski definition) is 0. The van der Waals surface area contributed by atoms with Crippen LogP contribution in [-0.4, -0.2) is 0 Å². The van der Waals surface area contributed by atoms with E-state index in [1.165, 1.54) is 30.9 Å². The number of aryl methyl sites for hydroxylation is 3. The van der Waals surface area contributed by atoms with E-state index in [-0.39, 0.29) is 4.83 Å². The third kappa shape index (κ3) is 2.67. The molecule has 90 valence electrons. The van der Waals surface area contributed by atoms with E-state index < -0.39 is 0 Å². The van der Waals surface area contributed by atoms with Crippen molar-refractivity contribution in [3.63, 3.8) is 0 Å². The minimum absolute atomic E-state index is 0.275. The molecule has 17 heavy (non-hydrogen) atoms. The van der Waals surface area contributed by atoms with E-state index in [2.05, 4.69) is 76.9 Å². The summed E-state index contributed by atoms with van der Waals surface area (Å²) in [6.45, 7) is 6.49. The van der Waals surface area contributed by atoms with E-state index in [4.69, 9.17) is 0 Å². The first-order chi connectivity index (χ1) is 8.00. The number of alkyl halides is 1. The predicted molar refractivity (Wildman–Crippen MR) is 83.4 cm³/mol. The molecule has 1 aromatic heterocycles. The van der Waals surface area contributed by atoms with Crippen LogP contribution in [0.4, 0.5) is 0 Å². The van der Waals surface area contributed by atoms with Crippen LogP contribution in [0, 0.1) is 20.8 Å². The quantitative estimate of drug-likeness (QED) is 0.573. The number of thiophene rings is 1. The van der Waals surface area contributed by atoms with Gasteiger partial charge in [-0.2, -0.15) is 0 Å². The highest BCUT2D eigenvalue weighted by Gasteiger charge is 2.19. The van der Waals surface area contributed by atoms with Crippen LogP contribution in [0.1, 0.15) is 31.3 Å². The zero-order valence-electron chi connectivity index (χ0n) is 10.1. The van der Waals surface area contributed by atoms with Crippen LogP contribution in [0.3, 0.4) is 0 Å². The third-order valence-electron chi connectivity index (χ3n) is 2.86. The van der Waals surface area contributed by atoms with Crippen molar-refractivity contribution in [2.24, 2.45) is 0 Å². The minimum Gasteiger partial charge on any atom is -0.143 e. The van der Waals surface area contributed by atoms with Crippen molar-refractivity contribution in [3.05, 3.63) is 55.2 Å².